The van der Waals surface area contributed by atoms with Gasteiger partial charge in [0, 0.05) is 37.3 Å². The van der Waals surface area contributed by atoms with Crippen molar-refractivity contribution in [2.75, 3.05) is 26.3 Å². The van der Waals surface area contributed by atoms with E-state index >= 15 is 0 Å². The molecule has 0 amide bonds. The van der Waals surface area contributed by atoms with Gasteiger partial charge in [-0.2, -0.15) is 0 Å². The highest BCUT2D eigenvalue weighted by Gasteiger charge is 2.33. The summed E-state index contributed by atoms with van der Waals surface area (Å²) in [6.07, 6.45) is 2.30. The van der Waals surface area contributed by atoms with Gasteiger partial charge in [0.15, 0.2) is 0 Å². The van der Waals surface area contributed by atoms with Crippen molar-refractivity contribution in [3.05, 3.63) is 0 Å². The maximum atomic E-state index is 13.8. The molecule has 2 fully saturated rings. The molecule has 2 rings (SSSR count). The lowest BCUT2D eigenvalue weighted by Crippen LogP contribution is -2.54. The zero-order valence-corrected chi connectivity index (χ0v) is 11.9. The van der Waals surface area contributed by atoms with E-state index < -0.39 is 6.17 Å². The Hall–Kier alpha value is -0.190. The molecule has 3 nitrogen and oxygen atoms in total. The van der Waals surface area contributed by atoms with Crippen LogP contribution in [0.5, 0.6) is 0 Å². The molecule has 1 N–H and O–H groups in total. The van der Waals surface area contributed by atoms with Gasteiger partial charge in [0.25, 0.3) is 0 Å². The van der Waals surface area contributed by atoms with E-state index in [1.807, 2.05) is 0 Å². The first-order valence-corrected chi connectivity index (χ1v) is 7.19. The molecule has 2 heterocycles. The lowest BCUT2D eigenvalue weighted by Gasteiger charge is -2.42. The van der Waals surface area contributed by atoms with E-state index in [1.165, 1.54) is 0 Å². The maximum absolute atomic E-state index is 13.8. The topological polar surface area (TPSA) is 24.5 Å². The molecular formula is C14H27FN2O. The van der Waals surface area contributed by atoms with E-state index in [0.717, 1.165) is 32.4 Å². The Bertz CT molecular complexity index is 259. The number of halogens is 1. The number of hydrogen-bond donors (Lipinski definition) is 1. The van der Waals surface area contributed by atoms with Gasteiger partial charge in [0.05, 0.1) is 6.61 Å². The molecule has 2 aliphatic heterocycles. The van der Waals surface area contributed by atoms with Crippen LogP contribution in [0.3, 0.4) is 0 Å². The summed E-state index contributed by atoms with van der Waals surface area (Å²) in [7, 11) is 0. The Labute approximate surface area is 110 Å². The number of alkyl halides is 1. The first kappa shape index (κ1) is 14.2. The summed E-state index contributed by atoms with van der Waals surface area (Å²) >= 11 is 0. The van der Waals surface area contributed by atoms with Gasteiger partial charge in [0.2, 0.25) is 0 Å². The van der Waals surface area contributed by atoms with E-state index in [-0.39, 0.29) is 18.2 Å². The second kappa shape index (κ2) is 5.85. The fourth-order valence-corrected chi connectivity index (χ4v) is 3.09. The van der Waals surface area contributed by atoms with Crippen molar-refractivity contribution in [1.82, 2.24) is 10.2 Å². The van der Waals surface area contributed by atoms with E-state index in [4.69, 9.17) is 4.74 Å². The number of likely N-dealkylation sites (tertiary alicyclic amines) is 1. The van der Waals surface area contributed by atoms with Crippen molar-refractivity contribution in [3.63, 3.8) is 0 Å². The molecule has 0 bridgehead atoms. The number of nitrogens with zero attached hydrogens (tertiary/aromatic N) is 1. The SMILES string of the molecule is CC(C)(C)NC1CCN(C2CCOCC2F)CC1. The number of ether oxygens (including phenoxy) is 1. The van der Waals surface area contributed by atoms with Crippen LogP contribution < -0.4 is 5.32 Å². The minimum atomic E-state index is -0.800. The predicted molar refractivity (Wildman–Crippen MR) is 71.6 cm³/mol. The Balaban J connectivity index is 1.79. The van der Waals surface area contributed by atoms with Gasteiger partial charge in [0.1, 0.15) is 6.17 Å². The predicted octanol–water partition coefficient (Wildman–Crippen LogP) is 1.97. The van der Waals surface area contributed by atoms with Gasteiger partial charge in [-0.05, 0) is 40.0 Å². The molecule has 2 unspecified atom stereocenters. The molecule has 106 valence electrons. The van der Waals surface area contributed by atoms with E-state index in [9.17, 15) is 4.39 Å². The highest BCUT2D eigenvalue weighted by molar-refractivity contribution is 4.88. The summed E-state index contributed by atoms with van der Waals surface area (Å²) in [6.45, 7) is 9.63. The van der Waals surface area contributed by atoms with Gasteiger partial charge < -0.3 is 10.1 Å². The molecule has 0 spiro atoms. The molecule has 0 aromatic rings. The van der Waals surface area contributed by atoms with Crippen molar-refractivity contribution in [3.8, 4) is 0 Å². The summed E-state index contributed by atoms with van der Waals surface area (Å²) in [4.78, 5) is 2.33. The first-order chi connectivity index (χ1) is 8.46. The monoisotopic (exact) mass is 258 g/mol. The first-order valence-electron chi connectivity index (χ1n) is 7.19. The lowest BCUT2D eigenvalue weighted by molar-refractivity contribution is -0.0351. The summed E-state index contributed by atoms with van der Waals surface area (Å²) in [5, 5.41) is 3.65. The van der Waals surface area contributed by atoms with Crippen molar-refractivity contribution >= 4 is 0 Å². The summed E-state index contributed by atoms with van der Waals surface area (Å²) in [5.74, 6) is 0. The van der Waals surface area contributed by atoms with Crippen molar-refractivity contribution < 1.29 is 9.13 Å². The summed E-state index contributed by atoms with van der Waals surface area (Å²) in [5.41, 5.74) is 0.175. The molecule has 0 aromatic carbocycles. The third-order valence-corrected chi connectivity index (χ3v) is 3.89. The highest BCUT2D eigenvalue weighted by atomic mass is 19.1. The molecule has 2 saturated heterocycles. The smallest absolute Gasteiger partial charge is 0.139 e. The minimum Gasteiger partial charge on any atom is -0.378 e. The van der Waals surface area contributed by atoms with Gasteiger partial charge in [-0.25, -0.2) is 4.39 Å². The Morgan fingerprint density at radius 2 is 1.83 bits per heavy atom. The standard InChI is InChI=1S/C14H27FN2O/c1-14(2,3)16-11-4-7-17(8-5-11)13-6-9-18-10-12(13)15/h11-13,16H,4-10H2,1-3H3. The minimum absolute atomic E-state index is 0.0920. The zero-order valence-electron chi connectivity index (χ0n) is 11.9. The maximum Gasteiger partial charge on any atom is 0.139 e. The van der Waals surface area contributed by atoms with Gasteiger partial charge in [-0.1, -0.05) is 0 Å². The van der Waals surface area contributed by atoms with Gasteiger partial charge >= 0.3 is 0 Å². The molecular weight excluding hydrogens is 231 g/mol. The summed E-state index contributed by atoms with van der Waals surface area (Å²) < 4.78 is 19.0. The van der Waals surface area contributed by atoms with Crippen LogP contribution in [0.2, 0.25) is 0 Å². The Morgan fingerprint density at radius 1 is 1.17 bits per heavy atom. The normalized spacial score (nSPS) is 32.7. The fraction of sp³-hybridized carbons (Fsp3) is 1.00. The van der Waals surface area contributed by atoms with E-state index in [1.54, 1.807) is 0 Å². The van der Waals surface area contributed by atoms with Crippen molar-refractivity contribution in [2.45, 2.75) is 63.8 Å². The second-order valence-electron chi connectivity index (χ2n) is 6.65. The van der Waals surface area contributed by atoms with Crippen LogP contribution in [-0.4, -0.2) is 55.0 Å². The Morgan fingerprint density at radius 3 is 2.39 bits per heavy atom. The van der Waals surface area contributed by atoms with Crippen LogP contribution in [0.15, 0.2) is 0 Å². The number of piperidine rings is 1. The molecule has 4 heteroatoms. The molecule has 0 aliphatic carbocycles. The lowest BCUT2D eigenvalue weighted by atomic mass is 9.96. The zero-order chi connectivity index (χ0) is 13.2. The summed E-state index contributed by atoms with van der Waals surface area (Å²) in [6, 6.07) is 0.675. The fourth-order valence-electron chi connectivity index (χ4n) is 3.09. The number of nitrogens with one attached hydrogen (secondary N) is 1. The van der Waals surface area contributed by atoms with Crippen LogP contribution in [-0.2, 0) is 4.74 Å². The third-order valence-electron chi connectivity index (χ3n) is 3.89. The van der Waals surface area contributed by atoms with Gasteiger partial charge in [-0.3, -0.25) is 4.90 Å². The van der Waals surface area contributed by atoms with E-state index in [0.29, 0.717) is 12.6 Å². The molecule has 0 saturated carbocycles. The van der Waals surface area contributed by atoms with Crippen molar-refractivity contribution in [2.24, 2.45) is 0 Å². The van der Waals surface area contributed by atoms with Crippen LogP contribution in [0, 0.1) is 0 Å². The van der Waals surface area contributed by atoms with Crippen LogP contribution in [0.25, 0.3) is 0 Å². The van der Waals surface area contributed by atoms with Crippen LogP contribution in [0.4, 0.5) is 4.39 Å². The Kier molecular flexibility index (Phi) is 4.62. The quantitative estimate of drug-likeness (QED) is 0.819. The number of hydrogen-bond acceptors (Lipinski definition) is 3. The molecule has 0 radical (unpaired) electrons. The highest BCUT2D eigenvalue weighted by Crippen LogP contribution is 2.22. The van der Waals surface area contributed by atoms with E-state index in [2.05, 4.69) is 31.0 Å². The third kappa shape index (κ3) is 3.90. The number of rotatable bonds is 2. The molecule has 18 heavy (non-hydrogen) atoms. The average Bonchev–Trinajstić information content (AvgIpc) is 2.29. The molecule has 0 aromatic heterocycles. The second-order valence-corrected chi connectivity index (χ2v) is 6.65. The largest absolute Gasteiger partial charge is 0.378 e. The average molecular weight is 258 g/mol. The van der Waals surface area contributed by atoms with Crippen LogP contribution >= 0.6 is 0 Å². The molecule has 2 aliphatic rings. The molecule has 2 atom stereocenters. The van der Waals surface area contributed by atoms with Crippen LogP contribution in [0.1, 0.15) is 40.0 Å². The van der Waals surface area contributed by atoms with Gasteiger partial charge in [-0.15, -0.1) is 0 Å². The van der Waals surface area contributed by atoms with Crippen molar-refractivity contribution in [1.29, 1.82) is 0 Å².